The molecule has 148 valence electrons. The van der Waals surface area contributed by atoms with Crippen molar-refractivity contribution < 1.29 is 14.3 Å². The van der Waals surface area contributed by atoms with Crippen LogP contribution >= 0.6 is 0 Å². The van der Waals surface area contributed by atoms with Crippen molar-refractivity contribution in [2.24, 2.45) is 28.6 Å². The molecule has 0 radical (unpaired) electrons. The van der Waals surface area contributed by atoms with E-state index in [-0.39, 0.29) is 22.9 Å². The first-order chi connectivity index (χ1) is 12.8. The predicted molar refractivity (Wildman–Crippen MR) is 107 cm³/mol. The summed E-state index contributed by atoms with van der Waals surface area (Å²) >= 11 is 0. The molecule has 0 N–H and O–H groups in total. The first-order valence-electron chi connectivity index (χ1n) is 10.6. The van der Waals surface area contributed by atoms with Gasteiger partial charge in [0.05, 0.1) is 7.11 Å². The number of hydrogen-bond acceptors (Lipinski definition) is 3. The second-order valence-electron chi connectivity index (χ2n) is 9.67. The third-order valence-electron chi connectivity index (χ3n) is 8.52. The van der Waals surface area contributed by atoms with Crippen LogP contribution in [-0.4, -0.2) is 19.2 Å². The molecule has 2 fully saturated rings. The Morgan fingerprint density at radius 2 is 1.85 bits per heavy atom. The predicted octanol–water partition coefficient (Wildman–Crippen LogP) is 5.58. The highest BCUT2D eigenvalue weighted by Gasteiger charge is 2.57. The zero-order chi connectivity index (χ0) is 19.4. The van der Waals surface area contributed by atoms with Crippen molar-refractivity contribution in [1.82, 2.24) is 0 Å². The van der Waals surface area contributed by atoms with Gasteiger partial charge in [-0.1, -0.05) is 38.2 Å². The molecule has 0 amide bonds. The summed E-state index contributed by atoms with van der Waals surface area (Å²) in [5.41, 5.74) is 3.40. The molecule has 27 heavy (non-hydrogen) atoms. The summed E-state index contributed by atoms with van der Waals surface area (Å²) in [4.78, 5) is 11.4. The van der Waals surface area contributed by atoms with Crippen molar-refractivity contribution in [2.75, 3.05) is 7.11 Å². The second-order valence-corrected chi connectivity index (χ2v) is 9.67. The molecule has 0 aliphatic heterocycles. The highest BCUT2D eigenvalue weighted by atomic mass is 16.5. The Morgan fingerprint density at radius 1 is 1.11 bits per heavy atom. The molecule has 4 aliphatic rings. The Hall–Kier alpha value is -1.51. The lowest BCUT2D eigenvalue weighted by molar-refractivity contribution is -0.148. The molecule has 0 spiro atoms. The van der Waals surface area contributed by atoms with Gasteiger partial charge in [0.1, 0.15) is 11.9 Å². The highest BCUT2D eigenvalue weighted by Crippen LogP contribution is 2.65. The third kappa shape index (κ3) is 2.80. The SMILES string of the molecule is C=C(OC)C1=CC[C@H]2[C@@H]3CC=C4C[C@@H](OC(C)=O)CC[C@]4(C)[C@H]3CC[C@]12C. The minimum Gasteiger partial charge on any atom is -0.497 e. The zero-order valence-corrected chi connectivity index (χ0v) is 17.3. The molecule has 0 aromatic carbocycles. The molecule has 0 saturated heterocycles. The topological polar surface area (TPSA) is 35.5 Å². The Labute approximate surface area is 163 Å². The van der Waals surface area contributed by atoms with Crippen LogP contribution in [0.15, 0.2) is 35.6 Å². The maximum atomic E-state index is 11.4. The molecule has 3 heteroatoms. The van der Waals surface area contributed by atoms with Crippen LogP contribution in [-0.2, 0) is 14.3 Å². The van der Waals surface area contributed by atoms with E-state index in [1.54, 1.807) is 12.7 Å². The van der Waals surface area contributed by atoms with E-state index in [2.05, 4.69) is 32.6 Å². The molecule has 0 heterocycles. The van der Waals surface area contributed by atoms with E-state index in [0.29, 0.717) is 5.92 Å². The maximum absolute atomic E-state index is 11.4. The lowest BCUT2D eigenvalue weighted by Gasteiger charge is -2.57. The summed E-state index contributed by atoms with van der Waals surface area (Å²) in [6.07, 6.45) is 12.9. The summed E-state index contributed by atoms with van der Waals surface area (Å²) in [5, 5.41) is 0. The molecular weight excluding hydrogens is 336 g/mol. The van der Waals surface area contributed by atoms with Crippen molar-refractivity contribution >= 4 is 5.97 Å². The van der Waals surface area contributed by atoms with Gasteiger partial charge in [0.15, 0.2) is 0 Å². The van der Waals surface area contributed by atoms with Gasteiger partial charge >= 0.3 is 5.97 Å². The molecule has 4 aliphatic carbocycles. The minimum absolute atomic E-state index is 0.0806. The van der Waals surface area contributed by atoms with E-state index in [4.69, 9.17) is 9.47 Å². The van der Waals surface area contributed by atoms with Crippen LogP contribution in [0, 0.1) is 28.6 Å². The molecule has 0 bridgehead atoms. The van der Waals surface area contributed by atoms with Crippen LogP contribution in [0.3, 0.4) is 0 Å². The first-order valence-corrected chi connectivity index (χ1v) is 10.6. The van der Waals surface area contributed by atoms with Crippen molar-refractivity contribution in [3.8, 4) is 0 Å². The van der Waals surface area contributed by atoms with Gasteiger partial charge in [-0.15, -0.1) is 0 Å². The van der Waals surface area contributed by atoms with Crippen molar-refractivity contribution in [1.29, 1.82) is 0 Å². The van der Waals surface area contributed by atoms with Crippen molar-refractivity contribution in [3.05, 3.63) is 35.6 Å². The van der Waals surface area contributed by atoms with Gasteiger partial charge in [0.25, 0.3) is 0 Å². The number of carbonyl (C=O) groups is 1. The van der Waals surface area contributed by atoms with Crippen LogP contribution in [0.5, 0.6) is 0 Å². The summed E-state index contributed by atoms with van der Waals surface area (Å²) < 4.78 is 11.1. The maximum Gasteiger partial charge on any atom is 0.302 e. The van der Waals surface area contributed by atoms with Crippen LogP contribution in [0.25, 0.3) is 0 Å². The molecule has 0 aromatic rings. The number of carbonyl (C=O) groups excluding carboxylic acids is 1. The average molecular weight is 371 g/mol. The largest absolute Gasteiger partial charge is 0.497 e. The molecule has 0 aromatic heterocycles. The number of ether oxygens (including phenoxy) is 2. The quantitative estimate of drug-likeness (QED) is 0.370. The fourth-order valence-corrected chi connectivity index (χ4v) is 7.07. The standard InChI is InChI=1S/C24H34O3/c1-15(26-5)20-8-9-21-19-7-6-17-14-18(27-16(2)25)10-12-23(17,3)22(19)11-13-24(20,21)4/h6,8,18-19,21-22H,1,7,9-14H2,2-5H3/t18-,19-,21-,22-,23-,24+/m0/s1. The van der Waals surface area contributed by atoms with E-state index in [9.17, 15) is 4.79 Å². The lowest BCUT2D eigenvalue weighted by atomic mass is 9.47. The summed E-state index contributed by atoms with van der Waals surface area (Å²) in [7, 11) is 1.74. The van der Waals surface area contributed by atoms with E-state index in [0.717, 1.165) is 43.3 Å². The van der Waals surface area contributed by atoms with Gasteiger partial charge in [-0.3, -0.25) is 4.79 Å². The zero-order valence-electron chi connectivity index (χ0n) is 17.3. The van der Waals surface area contributed by atoms with Gasteiger partial charge in [-0.2, -0.15) is 0 Å². The van der Waals surface area contributed by atoms with Crippen LogP contribution in [0.1, 0.15) is 65.7 Å². The number of rotatable bonds is 3. The summed E-state index contributed by atoms with van der Waals surface area (Å²) in [6, 6.07) is 0. The van der Waals surface area contributed by atoms with Gasteiger partial charge in [-0.25, -0.2) is 0 Å². The van der Waals surface area contributed by atoms with Crippen LogP contribution in [0.4, 0.5) is 0 Å². The van der Waals surface area contributed by atoms with Gasteiger partial charge in [-0.05, 0) is 72.7 Å². The van der Waals surface area contributed by atoms with Gasteiger partial charge < -0.3 is 9.47 Å². The average Bonchev–Trinajstić information content (AvgIpc) is 2.98. The van der Waals surface area contributed by atoms with Crippen LogP contribution < -0.4 is 0 Å². The molecule has 3 nitrogen and oxygen atoms in total. The normalized spacial score (nSPS) is 42.8. The van der Waals surface area contributed by atoms with E-state index in [1.165, 1.54) is 31.8 Å². The van der Waals surface area contributed by atoms with E-state index >= 15 is 0 Å². The fourth-order valence-electron chi connectivity index (χ4n) is 7.07. The first kappa shape index (κ1) is 18.8. The molecule has 6 atom stereocenters. The Bertz CT molecular complexity index is 717. The molecular formula is C24H34O3. The fraction of sp³-hybridized carbons (Fsp3) is 0.708. The lowest BCUT2D eigenvalue weighted by Crippen LogP contribution is -2.50. The van der Waals surface area contributed by atoms with Crippen LogP contribution in [0.2, 0.25) is 0 Å². The molecule has 2 saturated carbocycles. The number of fused-ring (bicyclic) bond motifs is 5. The molecule has 0 unspecified atom stereocenters. The van der Waals surface area contributed by atoms with Crippen molar-refractivity contribution in [2.45, 2.75) is 71.8 Å². The second kappa shape index (κ2) is 6.53. The highest BCUT2D eigenvalue weighted by molar-refractivity contribution is 5.66. The number of hydrogen-bond donors (Lipinski definition) is 0. The summed E-state index contributed by atoms with van der Waals surface area (Å²) in [6.45, 7) is 10.6. The van der Waals surface area contributed by atoms with Gasteiger partial charge in [0.2, 0.25) is 0 Å². The Morgan fingerprint density at radius 3 is 2.56 bits per heavy atom. The minimum atomic E-state index is -0.144. The third-order valence-corrected chi connectivity index (χ3v) is 8.52. The van der Waals surface area contributed by atoms with Crippen molar-refractivity contribution in [3.63, 3.8) is 0 Å². The molecule has 4 rings (SSSR count). The number of esters is 1. The van der Waals surface area contributed by atoms with Gasteiger partial charge in [0, 0.05) is 13.3 Å². The van der Waals surface area contributed by atoms with E-state index in [1.807, 2.05) is 0 Å². The smallest absolute Gasteiger partial charge is 0.302 e. The monoisotopic (exact) mass is 370 g/mol. The number of allylic oxidation sites excluding steroid dienone is 3. The van der Waals surface area contributed by atoms with E-state index < -0.39 is 0 Å². The Kier molecular flexibility index (Phi) is 4.56. The Balaban J connectivity index is 1.58. The number of methoxy groups -OCH3 is 1. The summed E-state index contributed by atoms with van der Waals surface area (Å²) in [5.74, 6) is 2.89.